The molecule has 1 aliphatic heterocycles. The van der Waals surface area contributed by atoms with Crippen molar-refractivity contribution in [2.45, 2.75) is 6.92 Å². The third-order valence-electron chi connectivity index (χ3n) is 2.93. The highest BCUT2D eigenvalue weighted by atomic mass is 16.2. The van der Waals surface area contributed by atoms with Crippen molar-refractivity contribution in [3.05, 3.63) is 66.4 Å². The number of anilines is 1. The Bertz CT molecular complexity index is 625. The molecule has 0 N–H and O–H groups in total. The number of carbonyl (C=O) groups is 1. The van der Waals surface area contributed by atoms with Crippen molar-refractivity contribution in [2.75, 3.05) is 19.1 Å². The summed E-state index contributed by atoms with van der Waals surface area (Å²) in [6.07, 6.45) is 9.38. The van der Waals surface area contributed by atoms with Crippen LogP contribution in [0, 0.1) is 0 Å². The number of hydrogen-bond donors (Lipinski definition) is 0. The lowest BCUT2D eigenvalue weighted by Gasteiger charge is -2.10. The first-order chi connectivity index (χ1) is 10.1. The second kappa shape index (κ2) is 6.70. The number of nitrogens with zero attached hydrogens (tertiary/aromatic N) is 3. The van der Waals surface area contributed by atoms with Crippen LogP contribution in [0.4, 0.5) is 5.69 Å². The lowest BCUT2D eigenvalue weighted by molar-refractivity contribution is -0.114. The highest BCUT2D eigenvalue weighted by Gasteiger charge is 2.27. The van der Waals surface area contributed by atoms with Gasteiger partial charge in [-0.05, 0) is 37.4 Å². The van der Waals surface area contributed by atoms with E-state index in [1.165, 1.54) is 5.01 Å². The van der Waals surface area contributed by atoms with Gasteiger partial charge in [0.25, 0.3) is 5.91 Å². The Morgan fingerprint density at radius 2 is 1.81 bits per heavy atom. The molecule has 1 amide bonds. The van der Waals surface area contributed by atoms with E-state index in [0.29, 0.717) is 5.57 Å². The molecule has 1 aromatic rings. The van der Waals surface area contributed by atoms with Crippen molar-refractivity contribution in [3.8, 4) is 0 Å². The Hall–Kier alpha value is -2.62. The SMILES string of the molecule is CC1=NN(c2ccccc2)C(=O)C1=CC=CC=CN(C)C. The highest BCUT2D eigenvalue weighted by Crippen LogP contribution is 2.22. The molecule has 21 heavy (non-hydrogen) atoms. The number of para-hydroxylation sites is 1. The van der Waals surface area contributed by atoms with E-state index < -0.39 is 0 Å². The van der Waals surface area contributed by atoms with E-state index in [9.17, 15) is 4.79 Å². The van der Waals surface area contributed by atoms with E-state index in [4.69, 9.17) is 0 Å². The summed E-state index contributed by atoms with van der Waals surface area (Å²) >= 11 is 0. The normalized spacial score (nSPS) is 17.3. The van der Waals surface area contributed by atoms with Gasteiger partial charge in [-0.2, -0.15) is 10.1 Å². The van der Waals surface area contributed by atoms with Crippen molar-refractivity contribution < 1.29 is 4.79 Å². The van der Waals surface area contributed by atoms with E-state index in [-0.39, 0.29) is 5.91 Å². The second-order valence-electron chi connectivity index (χ2n) is 4.91. The molecule has 0 saturated carbocycles. The maximum Gasteiger partial charge on any atom is 0.280 e. The van der Waals surface area contributed by atoms with Crippen LogP contribution in [0.3, 0.4) is 0 Å². The van der Waals surface area contributed by atoms with Gasteiger partial charge in [0.1, 0.15) is 0 Å². The number of hydrazone groups is 1. The van der Waals surface area contributed by atoms with E-state index in [1.54, 1.807) is 6.08 Å². The van der Waals surface area contributed by atoms with Crippen molar-refractivity contribution in [3.63, 3.8) is 0 Å². The summed E-state index contributed by atoms with van der Waals surface area (Å²) in [5.41, 5.74) is 2.13. The highest BCUT2D eigenvalue weighted by molar-refractivity contribution is 6.29. The molecule has 0 spiro atoms. The monoisotopic (exact) mass is 281 g/mol. The number of carbonyl (C=O) groups excluding carboxylic acids is 1. The summed E-state index contributed by atoms with van der Waals surface area (Å²) in [5, 5.41) is 5.76. The van der Waals surface area contributed by atoms with Gasteiger partial charge in [0.15, 0.2) is 0 Å². The first kappa shape index (κ1) is 14.8. The molecule has 4 nitrogen and oxygen atoms in total. The van der Waals surface area contributed by atoms with Crippen LogP contribution < -0.4 is 5.01 Å². The molecule has 0 fully saturated rings. The third-order valence-corrected chi connectivity index (χ3v) is 2.93. The van der Waals surface area contributed by atoms with E-state index in [1.807, 2.05) is 80.7 Å². The summed E-state index contributed by atoms with van der Waals surface area (Å²) in [6.45, 7) is 1.84. The summed E-state index contributed by atoms with van der Waals surface area (Å²) in [6, 6.07) is 9.43. The molecular formula is C17H19N3O. The van der Waals surface area contributed by atoms with Gasteiger partial charge in [0.2, 0.25) is 0 Å². The van der Waals surface area contributed by atoms with Crippen LogP contribution in [0.15, 0.2) is 71.5 Å². The molecule has 108 valence electrons. The summed E-state index contributed by atoms with van der Waals surface area (Å²) in [4.78, 5) is 14.3. The van der Waals surface area contributed by atoms with Crippen molar-refractivity contribution in [1.82, 2.24) is 4.90 Å². The van der Waals surface area contributed by atoms with Gasteiger partial charge in [-0.1, -0.05) is 30.4 Å². The molecular weight excluding hydrogens is 262 g/mol. The zero-order valence-corrected chi connectivity index (χ0v) is 12.5. The lowest BCUT2D eigenvalue weighted by atomic mass is 10.1. The van der Waals surface area contributed by atoms with Crippen molar-refractivity contribution >= 4 is 17.3 Å². The minimum atomic E-state index is -0.0973. The number of amides is 1. The second-order valence-corrected chi connectivity index (χ2v) is 4.91. The Balaban J connectivity index is 2.13. The Morgan fingerprint density at radius 3 is 2.48 bits per heavy atom. The standard InChI is InChI=1S/C17H19N3O/c1-14-16(12-8-5-9-13-19(2)3)17(21)20(18-14)15-10-6-4-7-11-15/h4-13H,1-3H3. The largest absolute Gasteiger partial charge is 0.383 e. The number of rotatable bonds is 4. The first-order valence-corrected chi connectivity index (χ1v) is 6.76. The van der Waals surface area contributed by atoms with Gasteiger partial charge < -0.3 is 4.90 Å². The molecule has 2 rings (SSSR count). The minimum absolute atomic E-state index is 0.0973. The Kier molecular flexibility index (Phi) is 4.72. The van der Waals surface area contributed by atoms with Crippen LogP contribution in [0.25, 0.3) is 0 Å². The number of benzene rings is 1. The smallest absolute Gasteiger partial charge is 0.280 e. The Morgan fingerprint density at radius 1 is 1.10 bits per heavy atom. The van der Waals surface area contributed by atoms with Gasteiger partial charge in [0.05, 0.1) is 17.0 Å². The van der Waals surface area contributed by atoms with Crippen LogP contribution in [0.2, 0.25) is 0 Å². The van der Waals surface area contributed by atoms with E-state index in [2.05, 4.69) is 5.10 Å². The molecule has 0 unspecified atom stereocenters. The predicted octanol–water partition coefficient (Wildman–Crippen LogP) is 2.97. The summed E-state index contributed by atoms with van der Waals surface area (Å²) < 4.78 is 0. The molecule has 0 aromatic heterocycles. The topological polar surface area (TPSA) is 35.9 Å². The Labute approximate surface area is 125 Å². The lowest BCUT2D eigenvalue weighted by Crippen LogP contribution is -2.21. The fourth-order valence-electron chi connectivity index (χ4n) is 1.89. The average molecular weight is 281 g/mol. The van der Waals surface area contributed by atoms with Crippen molar-refractivity contribution in [2.24, 2.45) is 5.10 Å². The maximum atomic E-state index is 12.4. The van der Waals surface area contributed by atoms with E-state index in [0.717, 1.165) is 11.4 Å². The first-order valence-electron chi connectivity index (χ1n) is 6.76. The van der Waals surface area contributed by atoms with Gasteiger partial charge in [-0.15, -0.1) is 0 Å². The zero-order valence-electron chi connectivity index (χ0n) is 12.5. The van der Waals surface area contributed by atoms with Crippen LogP contribution in [0.1, 0.15) is 6.92 Å². The molecule has 1 heterocycles. The minimum Gasteiger partial charge on any atom is -0.383 e. The van der Waals surface area contributed by atoms with Gasteiger partial charge in [0, 0.05) is 14.1 Å². The van der Waals surface area contributed by atoms with Crippen LogP contribution in [0.5, 0.6) is 0 Å². The number of hydrogen-bond acceptors (Lipinski definition) is 3. The summed E-state index contributed by atoms with van der Waals surface area (Å²) in [7, 11) is 3.91. The summed E-state index contributed by atoms with van der Waals surface area (Å²) in [5.74, 6) is -0.0973. The number of allylic oxidation sites excluding steroid dienone is 4. The quantitative estimate of drug-likeness (QED) is 0.628. The molecule has 1 aliphatic rings. The van der Waals surface area contributed by atoms with Crippen LogP contribution >= 0.6 is 0 Å². The van der Waals surface area contributed by atoms with Crippen LogP contribution in [-0.4, -0.2) is 30.6 Å². The average Bonchev–Trinajstić information content (AvgIpc) is 2.75. The zero-order chi connectivity index (χ0) is 15.2. The maximum absolute atomic E-state index is 12.4. The van der Waals surface area contributed by atoms with E-state index >= 15 is 0 Å². The van der Waals surface area contributed by atoms with Gasteiger partial charge >= 0.3 is 0 Å². The van der Waals surface area contributed by atoms with Gasteiger partial charge in [-0.3, -0.25) is 4.79 Å². The molecule has 0 radical (unpaired) electrons. The molecule has 1 aromatic carbocycles. The van der Waals surface area contributed by atoms with Crippen LogP contribution in [-0.2, 0) is 4.79 Å². The molecule has 0 atom stereocenters. The fraction of sp³-hybridized carbons (Fsp3) is 0.176. The predicted molar refractivity (Wildman–Crippen MR) is 87.1 cm³/mol. The fourth-order valence-corrected chi connectivity index (χ4v) is 1.89. The molecule has 4 heteroatoms. The molecule has 0 aliphatic carbocycles. The molecule has 0 bridgehead atoms. The van der Waals surface area contributed by atoms with Gasteiger partial charge in [-0.25, -0.2) is 0 Å². The molecule has 0 saturated heterocycles. The van der Waals surface area contributed by atoms with Crippen molar-refractivity contribution in [1.29, 1.82) is 0 Å². The third kappa shape index (κ3) is 3.69.